The zero-order valence-corrected chi connectivity index (χ0v) is 9.27. The summed E-state index contributed by atoms with van der Waals surface area (Å²) in [5.74, 6) is 0. The molecule has 0 unspecified atom stereocenters. The average molecular weight is 231 g/mol. The molecule has 0 heterocycles. The molecule has 0 aliphatic rings. The van der Waals surface area contributed by atoms with Gasteiger partial charge in [0, 0.05) is 0 Å². The Labute approximate surface area is 93.7 Å². The van der Waals surface area contributed by atoms with Crippen LogP contribution < -0.4 is 5.32 Å². The van der Waals surface area contributed by atoms with Crippen molar-refractivity contribution in [3.8, 4) is 0 Å². The van der Waals surface area contributed by atoms with Crippen LogP contribution in [0, 0.1) is 6.92 Å². The zero-order valence-electron chi connectivity index (χ0n) is 9.27. The monoisotopic (exact) mass is 231 g/mol. The van der Waals surface area contributed by atoms with Crippen LogP contribution in [0.25, 0.3) is 0 Å². The van der Waals surface area contributed by atoms with Gasteiger partial charge in [0.25, 0.3) is 0 Å². The molecule has 0 aliphatic carbocycles. The van der Waals surface area contributed by atoms with Gasteiger partial charge in [-0.2, -0.15) is 13.2 Å². The van der Waals surface area contributed by atoms with Gasteiger partial charge in [-0.25, -0.2) is 0 Å². The topological polar surface area (TPSA) is 12.0 Å². The molecule has 4 heteroatoms. The highest BCUT2D eigenvalue weighted by atomic mass is 19.4. The molecule has 1 aromatic carbocycles. The summed E-state index contributed by atoms with van der Waals surface area (Å²) in [5, 5.41) is 2.39. The molecule has 0 radical (unpaired) electrons. The minimum Gasteiger partial charge on any atom is -0.309 e. The number of hydrogen-bond acceptors (Lipinski definition) is 1. The van der Waals surface area contributed by atoms with E-state index in [1.54, 1.807) is 0 Å². The number of alkyl halides is 3. The molecule has 0 spiro atoms. The molecule has 0 bridgehead atoms. The second-order valence-corrected chi connectivity index (χ2v) is 3.82. The van der Waals surface area contributed by atoms with Crippen LogP contribution in [0.5, 0.6) is 0 Å². The van der Waals surface area contributed by atoms with Crippen molar-refractivity contribution in [3.05, 3.63) is 35.4 Å². The highest BCUT2D eigenvalue weighted by molar-refractivity contribution is 5.25. The van der Waals surface area contributed by atoms with Gasteiger partial charge < -0.3 is 5.32 Å². The predicted octanol–water partition coefficient (Wildman–Crippen LogP) is 3.08. The van der Waals surface area contributed by atoms with Crippen LogP contribution in [-0.4, -0.2) is 19.3 Å². The molecular weight excluding hydrogens is 215 g/mol. The molecule has 1 nitrogen and oxygen atoms in total. The molecule has 0 fully saturated rings. The van der Waals surface area contributed by atoms with Crippen molar-refractivity contribution in [2.45, 2.75) is 25.9 Å². The highest BCUT2D eigenvalue weighted by Crippen LogP contribution is 2.12. The van der Waals surface area contributed by atoms with E-state index < -0.39 is 12.7 Å². The third-order valence-corrected chi connectivity index (χ3v) is 2.39. The maximum atomic E-state index is 11.8. The van der Waals surface area contributed by atoms with Crippen LogP contribution in [0.4, 0.5) is 13.2 Å². The van der Waals surface area contributed by atoms with Crippen molar-refractivity contribution in [1.82, 2.24) is 5.32 Å². The summed E-state index contributed by atoms with van der Waals surface area (Å²) in [7, 11) is 0. The summed E-state index contributed by atoms with van der Waals surface area (Å²) in [6.45, 7) is 1.51. The Hall–Kier alpha value is -1.03. The minimum atomic E-state index is -4.11. The standard InChI is InChI=1S/C12H16F3N/c1-10-5-2-3-6-11(10)7-4-8-16-9-12(13,14)15/h2-3,5-6,16H,4,7-9H2,1H3. The molecule has 0 amide bonds. The first kappa shape index (κ1) is 13.0. The molecule has 90 valence electrons. The SMILES string of the molecule is Cc1ccccc1CCCNCC(F)(F)F. The van der Waals surface area contributed by atoms with Gasteiger partial charge in [0.15, 0.2) is 0 Å². The van der Waals surface area contributed by atoms with E-state index in [0.29, 0.717) is 6.54 Å². The Morgan fingerprint density at radius 2 is 1.88 bits per heavy atom. The number of benzene rings is 1. The molecule has 1 rings (SSSR count). The van der Waals surface area contributed by atoms with Gasteiger partial charge in [0.1, 0.15) is 0 Å². The molecule has 1 N–H and O–H groups in total. The van der Waals surface area contributed by atoms with Gasteiger partial charge in [-0.15, -0.1) is 0 Å². The normalized spacial score (nSPS) is 11.8. The van der Waals surface area contributed by atoms with Crippen molar-refractivity contribution in [2.75, 3.05) is 13.1 Å². The van der Waals surface area contributed by atoms with Crippen LogP contribution in [0.2, 0.25) is 0 Å². The van der Waals surface area contributed by atoms with E-state index in [1.807, 2.05) is 31.2 Å². The second-order valence-electron chi connectivity index (χ2n) is 3.82. The Morgan fingerprint density at radius 1 is 1.19 bits per heavy atom. The maximum Gasteiger partial charge on any atom is 0.401 e. The number of nitrogens with one attached hydrogen (secondary N) is 1. The summed E-state index contributed by atoms with van der Waals surface area (Å²) < 4.78 is 35.4. The van der Waals surface area contributed by atoms with Gasteiger partial charge >= 0.3 is 6.18 Å². The summed E-state index contributed by atoms with van der Waals surface area (Å²) >= 11 is 0. The first-order chi connectivity index (χ1) is 7.49. The summed E-state index contributed by atoms with van der Waals surface area (Å²) in [5.41, 5.74) is 2.40. The van der Waals surface area contributed by atoms with Gasteiger partial charge in [-0.05, 0) is 37.4 Å². The van der Waals surface area contributed by atoms with Crippen LogP contribution in [0.15, 0.2) is 24.3 Å². The van der Waals surface area contributed by atoms with Gasteiger partial charge in [-0.3, -0.25) is 0 Å². The van der Waals surface area contributed by atoms with Crippen molar-refractivity contribution in [2.24, 2.45) is 0 Å². The van der Waals surface area contributed by atoms with E-state index in [2.05, 4.69) is 5.32 Å². The molecular formula is C12H16F3N. The van der Waals surface area contributed by atoms with Crippen LogP contribution >= 0.6 is 0 Å². The number of halogens is 3. The Morgan fingerprint density at radius 3 is 2.50 bits per heavy atom. The van der Waals surface area contributed by atoms with Gasteiger partial charge in [-0.1, -0.05) is 24.3 Å². The van der Waals surface area contributed by atoms with Crippen LogP contribution in [-0.2, 0) is 6.42 Å². The Balaban J connectivity index is 2.19. The lowest BCUT2D eigenvalue weighted by Gasteiger charge is -2.08. The summed E-state index contributed by atoms with van der Waals surface area (Å²) in [6.07, 6.45) is -2.57. The lowest BCUT2D eigenvalue weighted by Crippen LogP contribution is -2.29. The zero-order chi connectivity index (χ0) is 12.0. The van der Waals surface area contributed by atoms with Crippen LogP contribution in [0.1, 0.15) is 17.5 Å². The van der Waals surface area contributed by atoms with E-state index in [-0.39, 0.29) is 0 Å². The van der Waals surface area contributed by atoms with Crippen molar-refractivity contribution >= 4 is 0 Å². The van der Waals surface area contributed by atoms with Crippen molar-refractivity contribution in [3.63, 3.8) is 0 Å². The van der Waals surface area contributed by atoms with Gasteiger partial charge in [0.2, 0.25) is 0 Å². The second kappa shape index (κ2) is 5.89. The number of aryl methyl sites for hydroxylation is 2. The van der Waals surface area contributed by atoms with E-state index >= 15 is 0 Å². The van der Waals surface area contributed by atoms with E-state index in [9.17, 15) is 13.2 Å². The average Bonchev–Trinajstić information content (AvgIpc) is 2.18. The largest absolute Gasteiger partial charge is 0.401 e. The third-order valence-electron chi connectivity index (χ3n) is 2.39. The van der Waals surface area contributed by atoms with E-state index in [1.165, 1.54) is 11.1 Å². The molecule has 0 atom stereocenters. The van der Waals surface area contributed by atoms with E-state index in [4.69, 9.17) is 0 Å². The fraction of sp³-hybridized carbons (Fsp3) is 0.500. The smallest absolute Gasteiger partial charge is 0.309 e. The summed E-state index contributed by atoms with van der Waals surface area (Å²) in [6, 6.07) is 7.93. The number of hydrogen-bond donors (Lipinski definition) is 1. The van der Waals surface area contributed by atoms with Gasteiger partial charge in [0.05, 0.1) is 6.54 Å². The maximum absolute atomic E-state index is 11.8. The quantitative estimate of drug-likeness (QED) is 0.768. The predicted molar refractivity (Wildman–Crippen MR) is 58.4 cm³/mol. The lowest BCUT2D eigenvalue weighted by atomic mass is 10.0. The minimum absolute atomic E-state index is 0.397. The first-order valence-electron chi connectivity index (χ1n) is 5.31. The molecule has 16 heavy (non-hydrogen) atoms. The summed E-state index contributed by atoms with van der Waals surface area (Å²) in [4.78, 5) is 0. The first-order valence-corrected chi connectivity index (χ1v) is 5.31. The Bertz CT molecular complexity index is 320. The fourth-order valence-electron chi connectivity index (χ4n) is 1.52. The molecule has 0 saturated carbocycles. The number of rotatable bonds is 5. The Kier molecular flexibility index (Phi) is 4.80. The fourth-order valence-corrected chi connectivity index (χ4v) is 1.52. The molecule has 0 saturated heterocycles. The lowest BCUT2D eigenvalue weighted by molar-refractivity contribution is -0.124. The van der Waals surface area contributed by atoms with Crippen molar-refractivity contribution < 1.29 is 13.2 Å². The van der Waals surface area contributed by atoms with Crippen LogP contribution in [0.3, 0.4) is 0 Å². The van der Waals surface area contributed by atoms with E-state index in [0.717, 1.165) is 12.8 Å². The van der Waals surface area contributed by atoms with Crippen molar-refractivity contribution in [1.29, 1.82) is 0 Å². The molecule has 1 aromatic rings. The third kappa shape index (κ3) is 5.16. The molecule has 0 aliphatic heterocycles. The highest BCUT2D eigenvalue weighted by Gasteiger charge is 2.25. The molecule has 0 aromatic heterocycles.